The lowest BCUT2D eigenvalue weighted by molar-refractivity contribution is 0.296. The standard InChI is InChI=1S/C8H10ClNOS/c9-7-3-1-4-10-8(7)12-6-2-5-11/h1,3-4,11H,2,5-6H2. The number of pyridine rings is 1. The molecule has 0 aliphatic carbocycles. The molecule has 0 bridgehead atoms. The number of thioether (sulfide) groups is 1. The van der Waals surface area contributed by atoms with Crippen molar-refractivity contribution in [2.75, 3.05) is 12.4 Å². The number of hydrogen-bond donors (Lipinski definition) is 1. The molecule has 0 saturated heterocycles. The molecule has 4 heteroatoms. The highest BCUT2D eigenvalue weighted by Gasteiger charge is 1.99. The number of aromatic nitrogens is 1. The molecule has 66 valence electrons. The number of aliphatic hydroxyl groups excluding tert-OH is 1. The van der Waals surface area contributed by atoms with Crippen molar-refractivity contribution in [3.05, 3.63) is 23.4 Å². The Balaban J connectivity index is 2.46. The predicted octanol–water partition coefficient (Wildman–Crippen LogP) is 2.21. The maximum absolute atomic E-state index is 8.55. The van der Waals surface area contributed by atoms with Gasteiger partial charge in [-0.3, -0.25) is 0 Å². The Hall–Kier alpha value is -0.250. The Morgan fingerprint density at radius 1 is 1.58 bits per heavy atom. The first-order valence-electron chi connectivity index (χ1n) is 3.69. The molecule has 0 fully saturated rings. The van der Waals surface area contributed by atoms with Gasteiger partial charge in [0.2, 0.25) is 0 Å². The molecule has 0 saturated carbocycles. The van der Waals surface area contributed by atoms with Crippen molar-refractivity contribution in [1.29, 1.82) is 0 Å². The van der Waals surface area contributed by atoms with E-state index in [9.17, 15) is 0 Å². The minimum atomic E-state index is 0.220. The van der Waals surface area contributed by atoms with Crippen molar-refractivity contribution in [2.45, 2.75) is 11.4 Å². The van der Waals surface area contributed by atoms with E-state index in [1.54, 1.807) is 24.0 Å². The SMILES string of the molecule is OCCCSc1ncccc1Cl. The Morgan fingerprint density at radius 2 is 2.42 bits per heavy atom. The minimum absolute atomic E-state index is 0.220. The van der Waals surface area contributed by atoms with Gasteiger partial charge in [0.25, 0.3) is 0 Å². The third-order valence-corrected chi connectivity index (χ3v) is 2.77. The van der Waals surface area contributed by atoms with Gasteiger partial charge in [0.05, 0.1) is 5.02 Å². The zero-order valence-corrected chi connectivity index (χ0v) is 8.11. The normalized spacial score (nSPS) is 10.2. The van der Waals surface area contributed by atoms with Gasteiger partial charge in [-0.25, -0.2) is 4.98 Å². The van der Waals surface area contributed by atoms with Crippen molar-refractivity contribution in [2.24, 2.45) is 0 Å². The van der Waals surface area contributed by atoms with Crippen LogP contribution in [-0.2, 0) is 0 Å². The number of halogens is 1. The smallest absolute Gasteiger partial charge is 0.115 e. The van der Waals surface area contributed by atoms with Crippen LogP contribution in [0.3, 0.4) is 0 Å². The summed E-state index contributed by atoms with van der Waals surface area (Å²) in [6, 6.07) is 3.62. The zero-order valence-electron chi connectivity index (χ0n) is 6.53. The summed E-state index contributed by atoms with van der Waals surface area (Å²) in [7, 11) is 0. The van der Waals surface area contributed by atoms with Crippen LogP contribution in [0.4, 0.5) is 0 Å². The van der Waals surface area contributed by atoms with E-state index in [4.69, 9.17) is 16.7 Å². The molecule has 0 aromatic carbocycles. The number of hydrogen-bond acceptors (Lipinski definition) is 3. The van der Waals surface area contributed by atoms with Crippen LogP contribution < -0.4 is 0 Å². The maximum Gasteiger partial charge on any atom is 0.115 e. The van der Waals surface area contributed by atoms with Crippen molar-refractivity contribution >= 4 is 23.4 Å². The average Bonchev–Trinajstić information content (AvgIpc) is 2.09. The predicted molar refractivity (Wildman–Crippen MR) is 51.7 cm³/mol. The van der Waals surface area contributed by atoms with Crippen LogP contribution in [-0.4, -0.2) is 22.5 Å². The quantitative estimate of drug-likeness (QED) is 0.602. The summed E-state index contributed by atoms with van der Waals surface area (Å²) in [6.45, 7) is 0.220. The van der Waals surface area contributed by atoms with E-state index in [-0.39, 0.29) is 6.61 Å². The number of aliphatic hydroxyl groups is 1. The minimum Gasteiger partial charge on any atom is -0.396 e. The van der Waals surface area contributed by atoms with Gasteiger partial charge in [-0.15, -0.1) is 11.8 Å². The van der Waals surface area contributed by atoms with E-state index < -0.39 is 0 Å². The summed E-state index contributed by atoms with van der Waals surface area (Å²) in [6.07, 6.45) is 2.49. The van der Waals surface area contributed by atoms with Crippen LogP contribution in [0, 0.1) is 0 Å². The van der Waals surface area contributed by atoms with Crippen molar-refractivity contribution < 1.29 is 5.11 Å². The van der Waals surface area contributed by atoms with Crippen LogP contribution in [0.1, 0.15) is 6.42 Å². The van der Waals surface area contributed by atoms with E-state index in [2.05, 4.69) is 4.98 Å². The van der Waals surface area contributed by atoms with Crippen molar-refractivity contribution in [1.82, 2.24) is 4.98 Å². The zero-order chi connectivity index (χ0) is 8.81. The molecule has 0 unspecified atom stereocenters. The fraction of sp³-hybridized carbons (Fsp3) is 0.375. The Labute approximate surface area is 81.0 Å². The molecule has 1 N–H and O–H groups in total. The Kier molecular flexibility index (Phi) is 4.43. The first kappa shape index (κ1) is 9.84. The summed E-state index contributed by atoms with van der Waals surface area (Å²) in [5.41, 5.74) is 0. The third kappa shape index (κ3) is 3.01. The van der Waals surface area contributed by atoms with Gasteiger partial charge >= 0.3 is 0 Å². The molecule has 2 nitrogen and oxygen atoms in total. The number of rotatable bonds is 4. The fourth-order valence-electron chi connectivity index (χ4n) is 0.711. The van der Waals surface area contributed by atoms with Crippen LogP contribution >= 0.6 is 23.4 Å². The van der Waals surface area contributed by atoms with E-state index in [1.165, 1.54) is 0 Å². The van der Waals surface area contributed by atoms with Gasteiger partial charge in [0.15, 0.2) is 0 Å². The molecular weight excluding hydrogens is 194 g/mol. The molecule has 1 heterocycles. The molecule has 12 heavy (non-hydrogen) atoms. The van der Waals surface area contributed by atoms with E-state index >= 15 is 0 Å². The lowest BCUT2D eigenvalue weighted by atomic mass is 10.5. The topological polar surface area (TPSA) is 33.1 Å². The van der Waals surface area contributed by atoms with Gasteiger partial charge in [0.1, 0.15) is 5.03 Å². The highest BCUT2D eigenvalue weighted by molar-refractivity contribution is 7.99. The monoisotopic (exact) mass is 203 g/mol. The molecule has 1 aromatic rings. The Morgan fingerprint density at radius 3 is 3.08 bits per heavy atom. The second kappa shape index (κ2) is 5.41. The van der Waals surface area contributed by atoms with Crippen LogP contribution in [0.2, 0.25) is 5.02 Å². The molecule has 1 rings (SSSR count). The lowest BCUT2D eigenvalue weighted by Crippen LogP contribution is -1.87. The summed E-state index contributed by atoms with van der Waals surface area (Å²) < 4.78 is 0. The van der Waals surface area contributed by atoms with Crippen molar-refractivity contribution in [3.8, 4) is 0 Å². The van der Waals surface area contributed by atoms with Crippen LogP contribution in [0.15, 0.2) is 23.4 Å². The molecule has 0 spiro atoms. The lowest BCUT2D eigenvalue weighted by Gasteiger charge is -2.00. The molecule has 0 aliphatic heterocycles. The molecule has 0 radical (unpaired) electrons. The largest absolute Gasteiger partial charge is 0.396 e. The van der Waals surface area contributed by atoms with Gasteiger partial charge in [0, 0.05) is 18.6 Å². The second-order valence-corrected chi connectivity index (χ2v) is 3.71. The third-order valence-electron chi connectivity index (χ3n) is 1.27. The van der Waals surface area contributed by atoms with Gasteiger partial charge < -0.3 is 5.11 Å². The van der Waals surface area contributed by atoms with Crippen molar-refractivity contribution in [3.63, 3.8) is 0 Å². The number of nitrogens with zero attached hydrogens (tertiary/aromatic N) is 1. The van der Waals surface area contributed by atoms with E-state index in [0.29, 0.717) is 5.02 Å². The Bertz CT molecular complexity index is 244. The second-order valence-electron chi connectivity index (χ2n) is 2.22. The molecule has 0 amide bonds. The summed E-state index contributed by atoms with van der Waals surface area (Å²) in [4.78, 5) is 4.10. The molecule has 1 aromatic heterocycles. The average molecular weight is 204 g/mol. The van der Waals surface area contributed by atoms with Gasteiger partial charge in [-0.1, -0.05) is 11.6 Å². The van der Waals surface area contributed by atoms with E-state index in [0.717, 1.165) is 17.2 Å². The first-order valence-corrected chi connectivity index (χ1v) is 5.05. The summed E-state index contributed by atoms with van der Waals surface area (Å²) in [5.74, 6) is 0.854. The highest BCUT2D eigenvalue weighted by Crippen LogP contribution is 2.24. The van der Waals surface area contributed by atoms with Gasteiger partial charge in [-0.05, 0) is 18.6 Å². The molecule has 0 atom stereocenters. The first-order chi connectivity index (χ1) is 5.84. The van der Waals surface area contributed by atoms with E-state index in [1.807, 2.05) is 6.07 Å². The fourth-order valence-corrected chi connectivity index (χ4v) is 1.80. The van der Waals surface area contributed by atoms with Gasteiger partial charge in [-0.2, -0.15) is 0 Å². The summed E-state index contributed by atoms with van der Waals surface area (Å²) >= 11 is 7.43. The summed E-state index contributed by atoms with van der Waals surface area (Å²) in [5, 5.41) is 10.1. The molecular formula is C8H10ClNOS. The maximum atomic E-state index is 8.55. The van der Waals surface area contributed by atoms with Crippen LogP contribution in [0.5, 0.6) is 0 Å². The van der Waals surface area contributed by atoms with Crippen LogP contribution in [0.25, 0.3) is 0 Å². The molecule has 0 aliphatic rings. The highest BCUT2D eigenvalue weighted by atomic mass is 35.5.